The van der Waals surface area contributed by atoms with Gasteiger partial charge in [0.25, 0.3) is 0 Å². The molecule has 0 spiro atoms. The molecule has 0 saturated carbocycles. The zero-order chi connectivity index (χ0) is 15.5. The number of aromatic nitrogens is 3. The molecule has 22 heavy (non-hydrogen) atoms. The Bertz CT molecular complexity index is 779. The minimum atomic E-state index is 0.841. The van der Waals surface area contributed by atoms with Crippen LogP contribution in [-0.2, 0) is 6.54 Å². The third kappa shape index (κ3) is 3.09. The van der Waals surface area contributed by atoms with Gasteiger partial charge >= 0.3 is 0 Å². The van der Waals surface area contributed by atoms with E-state index in [1.165, 1.54) is 0 Å². The summed E-state index contributed by atoms with van der Waals surface area (Å²) in [4.78, 5) is 6.66. The Hall–Kier alpha value is -2.40. The Kier molecular flexibility index (Phi) is 4.06. The molecule has 0 bridgehead atoms. The van der Waals surface area contributed by atoms with Crippen molar-refractivity contribution in [1.29, 1.82) is 0 Å². The first-order valence-electron chi connectivity index (χ1n) is 7.27. The second-order valence-corrected chi connectivity index (χ2v) is 5.58. The van der Waals surface area contributed by atoms with E-state index in [-0.39, 0.29) is 0 Å². The Morgan fingerprint density at radius 1 is 1.14 bits per heavy atom. The molecule has 0 N–H and O–H groups in total. The maximum atomic E-state index is 5.28. The van der Waals surface area contributed by atoms with Crippen LogP contribution < -0.4 is 4.74 Å². The maximum absolute atomic E-state index is 5.28. The van der Waals surface area contributed by atoms with E-state index >= 15 is 0 Å². The summed E-state index contributed by atoms with van der Waals surface area (Å²) in [6, 6.07) is 8.02. The lowest BCUT2D eigenvalue weighted by molar-refractivity contribution is 0.373. The average molecular weight is 296 g/mol. The lowest BCUT2D eigenvalue weighted by Crippen LogP contribution is -2.18. The molecule has 5 nitrogen and oxygen atoms in total. The highest BCUT2D eigenvalue weighted by Gasteiger charge is 2.05. The number of fused-ring (bicyclic) bond motifs is 1. The van der Waals surface area contributed by atoms with Gasteiger partial charge in [-0.15, -0.1) is 0 Å². The molecular weight excluding hydrogens is 276 g/mol. The van der Waals surface area contributed by atoms with E-state index in [0.29, 0.717) is 0 Å². The molecule has 0 aliphatic carbocycles. The van der Waals surface area contributed by atoms with Crippen LogP contribution in [0.1, 0.15) is 0 Å². The lowest BCUT2D eigenvalue weighted by atomic mass is 10.1. The van der Waals surface area contributed by atoms with Crippen molar-refractivity contribution in [3.63, 3.8) is 0 Å². The molecule has 3 rings (SSSR count). The van der Waals surface area contributed by atoms with E-state index in [1.54, 1.807) is 7.11 Å². The number of likely N-dealkylation sites (N-methyl/N-ethyl adjacent to an activating group) is 1. The number of rotatable bonds is 5. The molecule has 5 heteroatoms. The van der Waals surface area contributed by atoms with Crippen molar-refractivity contribution < 1.29 is 4.74 Å². The van der Waals surface area contributed by atoms with Crippen molar-refractivity contribution in [2.45, 2.75) is 6.54 Å². The van der Waals surface area contributed by atoms with Gasteiger partial charge in [-0.05, 0) is 38.4 Å². The minimum Gasteiger partial charge on any atom is -0.497 e. The van der Waals surface area contributed by atoms with Gasteiger partial charge in [0.15, 0.2) is 0 Å². The zero-order valence-electron chi connectivity index (χ0n) is 13.2. The molecule has 0 radical (unpaired) electrons. The molecule has 0 aliphatic rings. The molecule has 0 unspecified atom stereocenters. The van der Waals surface area contributed by atoms with Crippen LogP contribution in [0, 0.1) is 0 Å². The topological polar surface area (TPSA) is 43.2 Å². The van der Waals surface area contributed by atoms with Gasteiger partial charge in [0.2, 0.25) is 0 Å². The number of hydrogen-bond acceptors (Lipinski definition) is 4. The standard InChI is InChI=1S/C17H20N4O/c1-20(2)6-7-21-12-15(11-19-21)14-8-13-9-16(22-3)4-5-17(13)18-10-14/h4-5,8-12H,6-7H2,1-3H3. The van der Waals surface area contributed by atoms with Crippen LogP contribution in [0.5, 0.6) is 5.75 Å². The van der Waals surface area contributed by atoms with Crippen LogP contribution in [-0.4, -0.2) is 47.4 Å². The van der Waals surface area contributed by atoms with Crippen molar-refractivity contribution in [2.24, 2.45) is 0 Å². The first-order valence-corrected chi connectivity index (χ1v) is 7.27. The van der Waals surface area contributed by atoms with Gasteiger partial charge in [-0.25, -0.2) is 0 Å². The second-order valence-electron chi connectivity index (χ2n) is 5.58. The molecule has 1 aromatic carbocycles. The van der Waals surface area contributed by atoms with Gasteiger partial charge in [-0.1, -0.05) is 0 Å². The molecule has 114 valence electrons. The molecule has 2 aromatic heterocycles. The molecule has 0 amide bonds. The predicted molar refractivity (Wildman–Crippen MR) is 88.1 cm³/mol. The molecule has 0 saturated heterocycles. The van der Waals surface area contributed by atoms with Crippen molar-refractivity contribution in [1.82, 2.24) is 19.7 Å². The van der Waals surface area contributed by atoms with Crippen LogP contribution in [0.2, 0.25) is 0 Å². The van der Waals surface area contributed by atoms with Crippen LogP contribution in [0.4, 0.5) is 0 Å². The van der Waals surface area contributed by atoms with Crippen LogP contribution in [0.25, 0.3) is 22.0 Å². The Morgan fingerprint density at radius 3 is 2.77 bits per heavy atom. The monoisotopic (exact) mass is 296 g/mol. The highest BCUT2D eigenvalue weighted by molar-refractivity contribution is 5.84. The average Bonchev–Trinajstić information content (AvgIpc) is 3.00. The van der Waals surface area contributed by atoms with Gasteiger partial charge in [-0.2, -0.15) is 5.10 Å². The molecule has 0 atom stereocenters. The van der Waals surface area contributed by atoms with Gasteiger partial charge in [0.1, 0.15) is 5.75 Å². The lowest BCUT2D eigenvalue weighted by Gasteiger charge is -2.08. The molecular formula is C17H20N4O. The number of hydrogen-bond donors (Lipinski definition) is 0. The number of methoxy groups -OCH3 is 1. The van der Waals surface area contributed by atoms with E-state index in [0.717, 1.165) is 40.9 Å². The summed E-state index contributed by atoms with van der Waals surface area (Å²) < 4.78 is 7.24. The van der Waals surface area contributed by atoms with Gasteiger partial charge < -0.3 is 9.64 Å². The van der Waals surface area contributed by atoms with Crippen LogP contribution in [0.3, 0.4) is 0 Å². The summed E-state index contributed by atoms with van der Waals surface area (Å²) in [5, 5.41) is 5.48. The summed E-state index contributed by atoms with van der Waals surface area (Å²) in [7, 11) is 5.79. The van der Waals surface area contributed by atoms with E-state index in [2.05, 4.69) is 41.3 Å². The summed E-state index contributed by atoms with van der Waals surface area (Å²) in [5.74, 6) is 0.841. The number of benzene rings is 1. The smallest absolute Gasteiger partial charge is 0.119 e. The fourth-order valence-corrected chi connectivity index (χ4v) is 2.33. The SMILES string of the molecule is COc1ccc2ncc(-c3cnn(CCN(C)C)c3)cc2c1. The minimum absolute atomic E-state index is 0.841. The van der Waals surface area contributed by atoms with Gasteiger partial charge in [0, 0.05) is 35.5 Å². The van der Waals surface area contributed by atoms with E-state index in [1.807, 2.05) is 35.3 Å². The predicted octanol–water partition coefficient (Wildman–Crippen LogP) is 2.67. The van der Waals surface area contributed by atoms with Crippen molar-refractivity contribution in [2.75, 3.05) is 27.7 Å². The van der Waals surface area contributed by atoms with Crippen molar-refractivity contribution in [3.05, 3.63) is 42.9 Å². The summed E-state index contributed by atoms with van der Waals surface area (Å²) >= 11 is 0. The van der Waals surface area contributed by atoms with Crippen molar-refractivity contribution >= 4 is 10.9 Å². The summed E-state index contributed by atoms with van der Waals surface area (Å²) in [6.45, 7) is 1.84. The fraction of sp³-hybridized carbons (Fsp3) is 0.294. The summed E-state index contributed by atoms with van der Waals surface area (Å²) in [6.07, 6.45) is 5.84. The van der Waals surface area contributed by atoms with E-state index in [4.69, 9.17) is 4.74 Å². The molecule has 3 aromatic rings. The quantitative estimate of drug-likeness (QED) is 0.726. The highest BCUT2D eigenvalue weighted by Crippen LogP contribution is 2.25. The Morgan fingerprint density at radius 2 is 2.00 bits per heavy atom. The van der Waals surface area contributed by atoms with Gasteiger partial charge in [0.05, 0.1) is 25.4 Å². The number of nitrogens with zero attached hydrogens (tertiary/aromatic N) is 4. The highest BCUT2D eigenvalue weighted by atomic mass is 16.5. The molecule has 0 aliphatic heterocycles. The Balaban J connectivity index is 1.89. The maximum Gasteiger partial charge on any atom is 0.119 e. The van der Waals surface area contributed by atoms with E-state index in [9.17, 15) is 0 Å². The van der Waals surface area contributed by atoms with E-state index < -0.39 is 0 Å². The Labute approximate surface area is 130 Å². The molecule has 0 fully saturated rings. The largest absolute Gasteiger partial charge is 0.497 e. The first-order chi connectivity index (χ1) is 10.7. The van der Waals surface area contributed by atoms with Crippen LogP contribution >= 0.6 is 0 Å². The summed E-state index contributed by atoms with van der Waals surface area (Å²) in [5.41, 5.74) is 3.11. The van der Waals surface area contributed by atoms with Crippen molar-refractivity contribution in [3.8, 4) is 16.9 Å². The third-order valence-corrected chi connectivity index (χ3v) is 3.63. The first kappa shape index (κ1) is 14.5. The third-order valence-electron chi connectivity index (χ3n) is 3.63. The number of ether oxygens (including phenoxy) is 1. The fourth-order valence-electron chi connectivity index (χ4n) is 2.33. The molecule has 2 heterocycles. The zero-order valence-corrected chi connectivity index (χ0v) is 13.2. The van der Waals surface area contributed by atoms with Gasteiger partial charge in [-0.3, -0.25) is 9.67 Å². The normalized spacial score (nSPS) is 11.3. The second kappa shape index (κ2) is 6.15. The van der Waals surface area contributed by atoms with Crippen LogP contribution in [0.15, 0.2) is 42.9 Å². The number of pyridine rings is 1.